The lowest BCUT2D eigenvalue weighted by Crippen LogP contribution is -2.48. The van der Waals surface area contributed by atoms with Gasteiger partial charge in [0.2, 0.25) is 17.8 Å². The van der Waals surface area contributed by atoms with Crippen LogP contribution in [0.4, 0.5) is 5.95 Å². The highest BCUT2D eigenvalue weighted by Gasteiger charge is 2.42. The highest BCUT2D eigenvalue weighted by atomic mass is 32.1. The summed E-state index contributed by atoms with van der Waals surface area (Å²) in [5.41, 5.74) is 0. The molecule has 7 nitrogen and oxygen atoms in total. The van der Waals surface area contributed by atoms with Crippen LogP contribution in [0.2, 0.25) is 0 Å². The van der Waals surface area contributed by atoms with Gasteiger partial charge < -0.3 is 5.32 Å². The fourth-order valence-electron chi connectivity index (χ4n) is 4.76. The Morgan fingerprint density at radius 2 is 1.88 bits per heavy atom. The van der Waals surface area contributed by atoms with Gasteiger partial charge in [-0.2, -0.15) is 0 Å². The number of H-pyrrole nitrogens is 1. The van der Waals surface area contributed by atoms with E-state index in [0.29, 0.717) is 29.7 Å². The molecule has 26 heavy (non-hydrogen) atoms. The zero-order chi connectivity index (χ0) is 18.1. The van der Waals surface area contributed by atoms with Crippen LogP contribution in [-0.2, 0) is 9.59 Å². The van der Waals surface area contributed by atoms with Gasteiger partial charge in [-0.15, -0.1) is 5.10 Å². The molecule has 2 atom stereocenters. The Hall–Kier alpha value is -1.70. The average molecular weight is 378 g/mol. The van der Waals surface area contributed by atoms with E-state index in [1.165, 1.54) is 19.3 Å². The Morgan fingerprint density at radius 3 is 2.69 bits per heavy atom. The van der Waals surface area contributed by atoms with Crippen molar-refractivity contribution in [2.24, 2.45) is 5.92 Å². The first-order valence-corrected chi connectivity index (χ1v) is 10.3. The first-order valence-electron chi connectivity index (χ1n) is 9.93. The Kier molecular flexibility index (Phi) is 5.11. The van der Waals surface area contributed by atoms with E-state index >= 15 is 0 Å². The second-order valence-electron chi connectivity index (χ2n) is 7.80. The summed E-state index contributed by atoms with van der Waals surface area (Å²) in [6.45, 7) is 0.361. The summed E-state index contributed by atoms with van der Waals surface area (Å²) < 4.78 is 2.57. The van der Waals surface area contributed by atoms with Crippen LogP contribution in [0.25, 0.3) is 0 Å². The molecule has 4 rings (SSSR count). The molecule has 0 saturated heterocycles. The number of carbonyl (C=O) groups excluding carboxylic acids is 2. The molecule has 2 N–H and O–H groups in total. The maximum absolute atomic E-state index is 13.0. The molecule has 0 bridgehead atoms. The fraction of sp³-hybridized carbons (Fsp3) is 0.778. The van der Waals surface area contributed by atoms with Crippen LogP contribution in [0.5, 0.6) is 0 Å². The van der Waals surface area contributed by atoms with Crippen molar-refractivity contribution in [3.63, 3.8) is 0 Å². The van der Waals surface area contributed by atoms with Crippen molar-refractivity contribution in [1.82, 2.24) is 20.1 Å². The van der Waals surface area contributed by atoms with Crippen molar-refractivity contribution in [2.45, 2.75) is 76.3 Å². The van der Waals surface area contributed by atoms with Crippen LogP contribution in [-0.4, -0.2) is 39.2 Å². The van der Waals surface area contributed by atoms with Crippen LogP contribution >= 0.6 is 12.2 Å². The molecular formula is C18H27N5O2S. The van der Waals surface area contributed by atoms with Gasteiger partial charge in [-0.1, -0.05) is 32.1 Å². The number of nitrogens with one attached hydrogen (secondary N) is 2. The van der Waals surface area contributed by atoms with Crippen LogP contribution in [0.3, 0.4) is 0 Å². The molecule has 142 valence electrons. The molecule has 1 aromatic heterocycles. The minimum Gasteiger partial charge on any atom is -0.353 e. The number of fused-ring (bicyclic) bond motifs is 3. The van der Waals surface area contributed by atoms with Crippen LogP contribution in [0.1, 0.15) is 70.3 Å². The van der Waals surface area contributed by atoms with Gasteiger partial charge in [0, 0.05) is 19.0 Å². The second-order valence-corrected chi connectivity index (χ2v) is 8.19. The van der Waals surface area contributed by atoms with E-state index < -0.39 is 0 Å². The molecule has 2 unspecified atom stereocenters. The molecule has 0 radical (unpaired) electrons. The SMILES string of the molecule is O=C(CCN1C(=O)C2CCCCC2n2c1n[nH]c2=S)NC1CCCCC1. The lowest BCUT2D eigenvalue weighted by atomic mass is 9.82. The Balaban J connectivity index is 1.46. The Morgan fingerprint density at radius 1 is 1.15 bits per heavy atom. The molecule has 2 fully saturated rings. The average Bonchev–Trinajstić information content (AvgIpc) is 3.04. The highest BCUT2D eigenvalue weighted by molar-refractivity contribution is 7.71. The summed E-state index contributed by atoms with van der Waals surface area (Å²) >= 11 is 5.40. The molecule has 2 amide bonds. The molecule has 1 aromatic rings. The number of hydrogen-bond acceptors (Lipinski definition) is 4. The zero-order valence-corrected chi connectivity index (χ0v) is 15.9. The van der Waals surface area contributed by atoms with Crippen molar-refractivity contribution in [2.75, 3.05) is 11.4 Å². The number of amides is 2. The van der Waals surface area contributed by atoms with E-state index in [0.717, 1.165) is 38.5 Å². The van der Waals surface area contributed by atoms with Gasteiger partial charge in [0.25, 0.3) is 0 Å². The molecule has 0 aromatic carbocycles. The van der Waals surface area contributed by atoms with Gasteiger partial charge in [0.05, 0.1) is 12.0 Å². The summed E-state index contributed by atoms with van der Waals surface area (Å²) in [6, 6.07) is 0.412. The van der Waals surface area contributed by atoms with E-state index in [4.69, 9.17) is 12.2 Å². The minimum atomic E-state index is -0.0399. The minimum absolute atomic E-state index is 0.0242. The number of carbonyl (C=O) groups is 2. The maximum atomic E-state index is 13.0. The van der Waals surface area contributed by atoms with Gasteiger partial charge in [-0.3, -0.25) is 19.1 Å². The summed E-state index contributed by atoms with van der Waals surface area (Å²) in [4.78, 5) is 27.0. The van der Waals surface area contributed by atoms with E-state index in [-0.39, 0.29) is 23.8 Å². The molecule has 0 spiro atoms. The maximum Gasteiger partial charge on any atom is 0.234 e. The third-order valence-electron chi connectivity index (χ3n) is 6.10. The second kappa shape index (κ2) is 7.50. The Bertz CT molecular complexity index is 736. The number of anilines is 1. The van der Waals surface area contributed by atoms with Gasteiger partial charge in [-0.05, 0) is 37.9 Å². The van der Waals surface area contributed by atoms with E-state index in [2.05, 4.69) is 15.5 Å². The molecule has 1 aliphatic heterocycles. The summed E-state index contributed by atoms with van der Waals surface area (Å²) in [7, 11) is 0. The zero-order valence-electron chi connectivity index (χ0n) is 15.1. The predicted molar refractivity (Wildman–Crippen MR) is 100 cm³/mol. The van der Waals surface area contributed by atoms with Crippen molar-refractivity contribution in [3.8, 4) is 0 Å². The monoisotopic (exact) mass is 377 g/mol. The number of nitrogens with zero attached hydrogens (tertiary/aromatic N) is 3. The number of hydrogen-bond donors (Lipinski definition) is 2. The lowest BCUT2D eigenvalue weighted by molar-refractivity contribution is -0.126. The predicted octanol–water partition coefficient (Wildman–Crippen LogP) is 2.86. The van der Waals surface area contributed by atoms with Crippen LogP contribution in [0, 0.1) is 10.7 Å². The van der Waals surface area contributed by atoms with Gasteiger partial charge in [0.1, 0.15) is 0 Å². The molecule has 2 aliphatic carbocycles. The van der Waals surface area contributed by atoms with Crippen LogP contribution in [0.15, 0.2) is 0 Å². The largest absolute Gasteiger partial charge is 0.353 e. The normalized spacial score (nSPS) is 26.3. The number of aromatic amines is 1. The number of rotatable bonds is 4. The van der Waals surface area contributed by atoms with Crippen LogP contribution < -0.4 is 10.2 Å². The van der Waals surface area contributed by atoms with Crippen molar-refractivity contribution < 1.29 is 9.59 Å². The summed E-state index contributed by atoms with van der Waals surface area (Å²) in [5, 5.41) is 10.3. The first-order chi connectivity index (χ1) is 12.6. The smallest absolute Gasteiger partial charge is 0.234 e. The third-order valence-corrected chi connectivity index (χ3v) is 6.39. The highest BCUT2D eigenvalue weighted by Crippen LogP contribution is 2.41. The first kappa shape index (κ1) is 17.7. The van der Waals surface area contributed by atoms with Gasteiger partial charge in [0.15, 0.2) is 4.77 Å². The van der Waals surface area contributed by atoms with E-state index in [1.54, 1.807) is 4.90 Å². The summed E-state index contributed by atoms with van der Waals surface area (Å²) in [5.74, 6) is 0.661. The van der Waals surface area contributed by atoms with Crippen molar-refractivity contribution in [3.05, 3.63) is 4.77 Å². The van der Waals surface area contributed by atoms with Gasteiger partial charge in [-0.25, -0.2) is 5.10 Å². The molecule has 8 heteroatoms. The molecular weight excluding hydrogens is 350 g/mol. The van der Waals surface area contributed by atoms with E-state index in [1.807, 2.05) is 4.57 Å². The quantitative estimate of drug-likeness (QED) is 0.791. The topological polar surface area (TPSA) is 83.0 Å². The van der Waals surface area contributed by atoms with E-state index in [9.17, 15) is 9.59 Å². The molecule has 2 saturated carbocycles. The number of aromatic nitrogens is 3. The molecule has 2 heterocycles. The standard InChI is InChI=1S/C18H27N5O2S/c24-15(19-12-6-2-1-3-7-12)10-11-22-16(25)13-8-4-5-9-14(13)23-17(22)20-21-18(23)26/h12-14H,1-11H2,(H,19,24)(H,21,26). The summed E-state index contributed by atoms with van der Waals surface area (Å²) in [6.07, 6.45) is 10.1. The van der Waals surface area contributed by atoms with Gasteiger partial charge >= 0.3 is 0 Å². The Labute approximate surface area is 158 Å². The van der Waals surface area contributed by atoms with Crippen molar-refractivity contribution in [1.29, 1.82) is 0 Å². The lowest BCUT2D eigenvalue weighted by Gasteiger charge is -2.40. The molecule has 3 aliphatic rings. The fourth-order valence-corrected chi connectivity index (χ4v) is 5.03. The third kappa shape index (κ3) is 3.31. The van der Waals surface area contributed by atoms with Crippen molar-refractivity contribution >= 4 is 30.0 Å².